The number of alkyl halides is 1. The Morgan fingerprint density at radius 1 is 1.26 bits per heavy atom. The number of carbonyl (C=O) groups is 2. The van der Waals surface area contributed by atoms with Gasteiger partial charge in [-0.05, 0) is 74.3 Å². The molecule has 6 nitrogen and oxygen atoms in total. The molecule has 0 unspecified atom stereocenters. The van der Waals surface area contributed by atoms with Crippen LogP contribution in [0.1, 0.15) is 59.8 Å². The lowest BCUT2D eigenvalue weighted by Gasteiger charge is -2.61. The van der Waals surface area contributed by atoms with Crippen LogP contribution in [0.4, 0.5) is 4.39 Å². The fraction of sp³-hybridized carbons (Fsp3) is 0.833. The van der Waals surface area contributed by atoms with Crippen LogP contribution >= 0.6 is 0 Å². The van der Waals surface area contributed by atoms with Crippen molar-refractivity contribution in [1.82, 2.24) is 0 Å². The van der Waals surface area contributed by atoms with Crippen molar-refractivity contribution in [3.63, 3.8) is 0 Å². The molecule has 0 radical (unpaired) electrons. The minimum Gasteiger partial charge on any atom is -0.393 e. The Kier molecular flexibility index (Phi) is 4.52. The van der Waals surface area contributed by atoms with Gasteiger partial charge in [0.05, 0.1) is 12.2 Å². The molecule has 0 bridgehead atoms. The van der Waals surface area contributed by atoms with Gasteiger partial charge in [-0.3, -0.25) is 9.59 Å². The van der Waals surface area contributed by atoms with Crippen molar-refractivity contribution in [2.45, 2.75) is 89.6 Å². The first kappa shape index (κ1) is 21.7. The maximum Gasteiger partial charge on any atom is 0.193 e. The molecular formula is C24H33FO6. The minimum absolute atomic E-state index is 0.0457. The van der Waals surface area contributed by atoms with Crippen molar-refractivity contribution < 1.29 is 33.7 Å². The van der Waals surface area contributed by atoms with E-state index in [1.165, 1.54) is 6.08 Å². The summed E-state index contributed by atoms with van der Waals surface area (Å²) in [6.45, 7) is 6.78. The van der Waals surface area contributed by atoms with Crippen LogP contribution in [-0.4, -0.2) is 58.2 Å². The molecule has 0 aromatic rings. The number of hydrogen-bond donors (Lipinski definition) is 2. The molecule has 31 heavy (non-hydrogen) atoms. The molecule has 0 aromatic carbocycles. The summed E-state index contributed by atoms with van der Waals surface area (Å²) in [4.78, 5) is 25.2. The van der Waals surface area contributed by atoms with Gasteiger partial charge in [-0.25, -0.2) is 4.39 Å². The number of aliphatic hydroxyl groups is 2. The number of ether oxygens (including phenoxy) is 2. The molecular weight excluding hydrogens is 403 g/mol. The lowest BCUT2D eigenvalue weighted by Crippen LogP contribution is -2.64. The molecule has 9 atom stereocenters. The van der Waals surface area contributed by atoms with Crippen molar-refractivity contribution in [3.05, 3.63) is 11.6 Å². The van der Waals surface area contributed by atoms with Crippen molar-refractivity contribution >= 4 is 11.6 Å². The van der Waals surface area contributed by atoms with Gasteiger partial charge in [0.25, 0.3) is 0 Å². The zero-order valence-electron chi connectivity index (χ0n) is 18.7. The first-order valence-electron chi connectivity index (χ1n) is 11.5. The van der Waals surface area contributed by atoms with E-state index in [4.69, 9.17) is 9.47 Å². The Hall–Kier alpha value is -1.15. The van der Waals surface area contributed by atoms with Crippen LogP contribution in [0.2, 0.25) is 0 Å². The van der Waals surface area contributed by atoms with E-state index < -0.39 is 53.0 Å². The first-order valence-corrected chi connectivity index (χ1v) is 11.5. The highest BCUT2D eigenvalue weighted by Crippen LogP contribution is 2.70. The molecule has 5 aliphatic rings. The molecule has 2 N–H and O–H groups in total. The third kappa shape index (κ3) is 2.58. The van der Waals surface area contributed by atoms with Crippen LogP contribution in [0.3, 0.4) is 0 Å². The predicted octanol–water partition coefficient (Wildman–Crippen LogP) is 2.50. The number of Topliss-reactive ketones (excluding diaryl/α,β-unsaturated/α-hetero) is 1. The van der Waals surface area contributed by atoms with Gasteiger partial charge in [-0.15, -0.1) is 0 Å². The van der Waals surface area contributed by atoms with Gasteiger partial charge < -0.3 is 19.7 Å². The summed E-state index contributed by atoms with van der Waals surface area (Å²) < 4.78 is 27.9. The van der Waals surface area contributed by atoms with E-state index in [0.29, 0.717) is 31.3 Å². The molecule has 0 aromatic heterocycles. The zero-order chi connectivity index (χ0) is 22.6. The Balaban J connectivity index is 1.61. The third-order valence-corrected chi connectivity index (χ3v) is 9.42. The van der Waals surface area contributed by atoms with Gasteiger partial charge in [-0.2, -0.15) is 0 Å². The van der Waals surface area contributed by atoms with Gasteiger partial charge in [-0.1, -0.05) is 13.8 Å². The van der Waals surface area contributed by atoms with Gasteiger partial charge >= 0.3 is 0 Å². The minimum atomic E-state index is -1.35. The van der Waals surface area contributed by atoms with Gasteiger partial charge in [0.15, 0.2) is 23.0 Å². The molecule has 4 aliphatic carbocycles. The van der Waals surface area contributed by atoms with Crippen molar-refractivity contribution in [2.24, 2.45) is 28.6 Å². The average Bonchev–Trinajstić information content (AvgIpc) is 3.08. The number of halogens is 1. The second-order valence-corrected chi connectivity index (χ2v) is 11.3. The molecule has 0 spiro atoms. The van der Waals surface area contributed by atoms with E-state index in [2.05, 4.69) is 0 Å². The Labute approximate surface area is 182 Å². The Morgan fingerprint density at radius 2 is 1.97 bits per heavy atom. The summed E-state index contributed by atoms with van der Waals surface area (Å²) in [5, 5.41) is 21.3. The van der Waals surface area contributed by atoms with Gasteiger partial charge in [0, 0.05) is 11.8 Å². The Bertz CT molecular complexity index is 868. The molecule has 172 valence electrons. The van der Waals surface area contributed by atoms with Crippen molar-refractivity contribution in [1.29, 1.82) is 0 Å². The molecule has 1 heterocycles. The van der Waals surface area contributed by atoms with E-state index in [9.17, 15) is 19.8 Å². The highest BCUT2D eigenvalue weighted by Gasteiger charge is 2.77. The predicted molar refractivity (Wildman–Crippen MR) is 109 cm³/mol. The second-order valence-electron chi connectivity index (χ2n) is 11.3. The van der Waals surface area contributed by atoms with Crippen molar-refractivity contribution in [3.8, 4) is 0 Å². The average molecular weight is 437 g/mol. The van der Waals surface area contributed by atoms with E-state index in [0.717, 1.165) is 0 Å². The molecule has 5 rings (SSSR count). The number of fused-ring (bicyclic) bond motifs is 7. The number of ketones is 2. The number of rotatable bonds is 2. The number of aliphatic hydroxyl groups excluding tert-OH is 2. The molecule has 7 heteroatoms. The highest BCUT2D eigenvalue weighted by molar-refractivity contribution is 5.92. The largest absolute Gasteiger partial charge is 0.393 e. The second kappa shape index (κ2) is 6.46. The first-order chi connectivity index (χ1) is 14.4. The summed E-state index contributed by atoms with van der Waals surface area (Å²) in [6.07, 6.45) is 0.872. The smallest absolute Gasteiger partial charge is 0.193 e. The third-order valence-electron chi connectivity index (χ3n) is 9.42. The van der Waals surface area contributed by atoms with Crippen LogP contribution < -0.4 is 0 Å². The van der Waals surface area contributed by atoms with Gasteiger partial charge in [0.1, 0.15) is 12.8 Å². The normalized spacial score (nSPS) is 52.6. The molecule has 0 amide bonds. The highest BCUT2D eigenvalue weighted by atomic mass is 19.1. The van der Waals surface area contributed by atoms with Crippen molar-refractivity contribution in [2.75, 3.05) is 6.61 Å². The lowest BCUT2D eigenvalue weighted by atomic mass is 9.45. The van der Waals surface area contributed by atoms with Crippen LogP contribution in [0, 0.1) is 28.6 Å². The van der Waals surface area contributed by atoms with Crippen LogP contribution in [-0.2, 0) is 19.1 Å². The molecule has 4 fully saturated rings. The standard InChI is InChI=1S/C24H33FO6/c1-21(2)30-19-9-14-13-8-16(25)15-7-12(27)5-6-22(15,3)20(13)17(28)10-23(14,4)24(19,31-21)18(29)11-26/h7,13-14,16-17,19-20,26,28H,5-6,8-11H2,1-4H3/t13-,14-,16+,17+,19-,20+,22+,23+,24-/m1/s1. The fourth-order valence-electron chi connectivity index (χ4n) is 8.41. The maximum absolute atomic E-state index is 15.5. The van der Waals surface area contributed by atoms with Crippen LogP contribution in [0.25, 0.3) is 0 Å². The number of hydrogen-bond acceptors (Lipinski definition) is 6. The summed E-state index contributed by atoms with van der Waals surface area (Å²) >= 11 is 0. The fourth-order valence-corrected chi connectivity index (χ4v) is 8.41. The van der Waals surface area contributed by atoms with E-state index in [-0.39, 0.29) is 30.0 Å². The van der Waals surface area contributed by atoms with Crippen LogP contribution in [0.15, 0.2) is 11.6 Å². The lowest BCUT2D eigenvalue weighted by molar-refractivity contribution is -0.228. The summed E-state index contributed by atoms with van der Waals surface area (Å²) in [5.41, 5.74) is -2.19. The SMILES string of the molecule is CC1(C)O[C@@H]2C[C@@H]3[C@H]4C[C@H](F)C5=CC(=O)CC[C@]5(C)[C@@H]4[C@@H](O)C[C@]3(C)[C@]2(C(=O)CO)O1. The zero-order valence-corrected chi connectivity index (χ0v) is 18.7. The monoisotopic (exact) mass is 436 g/mol. The van der Waals surface area contributed by atoms with Crippen LogP contribution in [0.5, 0.6) is 0 Å². The Morgan fingerprint density at radius 3 is 2.65 bits per heavy atom. The molecule has 1 saturated heterocycles. The van der Waals surface area contributed by atoms with E-state index in [1.54, 1.807) is 13.8 Å². The topological polar surface area (TPSA) is 93.1 Å². The molecule has 1 aliphatic heterocycles. The maximum atomic E-state index is 15.5. The number of allylic oxidation sites excluding steroid dienone is 1. The van der Waals surface area contributed by atoms with E-state index in [1.807, 2.05) is 13.8 Å². The van der Waals surface area contributed by atoms with Gasteiger partial charge in [0.2, 0.25) is 0 Å². The molecule has 3 saturated carbocycles. The summed E-state index contributed by atoms with van der Waals surface area (Å²) in [5.74, 6) is -1.90. The quantitative estimate of drug-likeness (QED) is 0.691. The van der Waals surface area contributed by atoms with E-state index >= 15 is 4.39 Å². The number of carbonyl (C=O) groups excluding carboxylic acids is 2. The summed E-state index contributed by atoms with van der Waals surface area (Å²) in [7, 11) is 0. The summed E-state index contributed by atoms with van der Waals surface area (Å²) in [6, 6.07) is 0.